The zero-order valence-electron chi connectivity index (χ0n) is 7.54. The minimum atomic E-state index is -0.102. The number of nitroso groups, excluding NO2 is 1. The smallest absolute Gasteiger partial charge is 0.107 e. The molecule has 0 amide bonds. The van der Waals surface area contributed by atoms with Gasteiger partial charge < -0.3 is 0 Å². The third-order valence-electron chi connectivity index (χ3n) is 1.77. The fraction of sp³-hybridized carbons (Fsp3) is 1.00. The maximum Gasteiger partial charge on any atom is 0.107 e. The van der Waals surface area contributed by atoms with E-state index in [2.05, 4.69) is 35.0 Å². The third-order valence-corrected chi connectivity index (χ3v) is 3.37. The Morgan fingerprint density at radius 2 is 1.55 bits per heavy atom. The van der Waals surface area contributed by atoms with Gasteiger partial charge in [0.05, 0.1) is 0 Å². The summed E-state index contributed by atoms with van der Waals surface area (Å²) < 4.78 is 0. The number of alkyl halides is 1. The van der Waals surface area contributed by atoms with Crippen LogP contribution in [-0.2, 0) is 0 Å². The topological polar surface area (TPSA) is 29.4 Å². The second-order valence-corrected chi connectivity index (χ2v) is 4.59. The Morgan fingerprint density at radius 1 is 1.09 bits per heavy atom. The second-order valence-electron chi connectivity index (χ2n) is 3.53. The van der Waals surface area contributed by atoms with Crippen molar-refractivity contribution in [3.05, 3.63) is 4.91 Å². The Bertz CT molecular complexity index is 125. The lowest BCUT2D eigenvalue weighted by atomic mass is 9.95. The van der Waals surface area contributed by atoms with Crippen LogP contribution in [0.4, 0.5) is 0 Å². The Kier molecular flexibility index (Phi) is 4.89. The predicted molar refractivity (Wildman–Crippen MR) is 52.0 cm³/mol. The van der Waals surface area contributed by atoms with Gasteiger partial charge in [-0.05, 0) is 11.8 Å². The van der Waals surface area contributed by atoms with E-state index in [-0.39, 0.29) is 10.9 Å². The van der Waals surface area contributed by atoms with Gasteiger partial charge in [-0.1, -0.05) is 48.8 Å². The van der Waals surface area contributed by atoms with E-state index in [9.17, 15) is 4.91 Å². The molecule has 0 bridgehead atoms. The molecule has 0 spiro atoms. The van der Waals surface area contributed by atoms with Gasteiger partial charge in [0, 0.05) is 4.83 Å². The normalized spacial score (nSPS) is 17.0. The zero-order valence-corrected chi connectivity index (χ0v) is 9.13. The molecule has 11 heavy (non-hydrogen) atoms. The number of hydrogen-bond donors (Lipinski definition) is 0. The highest BCUT2D eigenvalue weighted by Gasteiger charge is 2.25. The number of halogens is 1. The molecule has 2 unspecified atom stereocenters. The molecular weight excluding hydrogens is 206 g/mol. The summed E-state index contributed by atoms with van der Waals surface area (Å²) in [4.78, 5) is 10.6. The molecule has 0 aliphatic heterocycles. The maximum absolute atomic E-state index is 10.4. The fourth-order valence-corrected chi connectivity index (χ4v) is 1.65. The molecule has 3 heteroatoms. The van der Waals surface area contributed by atoms with Gasteiger partial charge in [-0.3, -0.25) is 0 Å². The van der Waals surface area contributed by atoms with Crippen molar-refractivity contribution in [2.45, 2.75) is 38.6 Å². The van der Waals surface area contributed by atoms with Crippen molar-refractivity contribution in [1.82, 2.24) is 0 Å². The standard InChI is InChI=1S/C8H16BrNO/c1-5(2)7(9)8(10-11)6(3)4/h5-8H,1-4H3. The molecule has 0 aromatic rings. The Labute approximate surface area is 76.9 Å². The molecule has 0 fully saturated rings. The lowest BCUT2D eigenvalue weighted by Gasteiger charge is -2.21. The molecule has 0 saturated carbocycles. The monoisotopic (exact) mass is 221 g/mol. The van der Waals surface area contributed by atoms with Gasteiger partial charge in [0.25, 0.3) is 0 Å². The lowest BCUT2D eigenvalue weighted by Crippen LogP contribution is -2.28. The number of hydrogen-bond acceptors (Lipinski definition) is 2. The summed E-state index contributed by atoms with van der Waals surface area (Å²) >= 11 is 3.48. The van der Waals surface area contributed by atoms with Gasteiger partial charge in [0.15, 0.2) is 0 Å². The first-order valence-electron chi connectivity index (χ1n) is 3.97. The number of rotatable bonds is 4. The number of nitrogens with zero attached hydrogens (tertiary/aromatic N) is 1. The summed E-state index contributed by atoms with van der Waals surface area (Å²) in [6, 6.07) is -0.102. The van der Waals surface area contributed by atoms with Crippen LogP contribution in [0.5, 0.6) is 0 Å². The van der Waals surface area contributed by atoms with Crippen LogP contribution < -0.4 is 0 Å². The van der Waals surface area contributed by atoms with Crippen LogP contribution in [-0.4, -0.2) is 10.9 Å². The van der Waals surface area contributed by atoms with Crippen LogP contribution in [0.25, 0.3) is 0 Å². The Morgan fingerprint density at radius 3 is 1.64 bits per heavy atom. The largest absolute Gasteiger partial charge is 0.150 e. The first-order valence-corrected chi connectivity index (χ1v) is 4.88. The quantitative estimate of drug-likeness (QED) is 0.530. The van der Waals surface area contributed by atoms with Gasteiger partial charge in [-0.25, -0.2) is 0 Å². The van der Waals surface area contributed by atoms with Gasteiger partial charge in [-0.2, -0.15) is 4.91 Å². The van der Waals surface area contributed by atoms with Gasteiger partial charge in [0.2, 0.25) is 0 Å². The van der Waals surface area contributed by atoms with Crippen LogP contribution in [0.2, 0.25) is 0 Å². The fourth-order valence-electron chi connectivity index (χ4n) is 0.942. The molecule has 2 atom stereocenters. The molecule has 0 radical (unpaired) electrons. The molecule has 0 saturated heterocycles. The summed E-state index contributed by atoms with van der Waals surface area (Å²) in [5.74, 6) is 0.777. The van der Waals surface area contributed by atoms with Gasteiger partial charge >= 0.3 is 0 Å². The minimum absolute atomic E-state index is 0.102. The first-order chi connectivity index (χ1) is 5.00. The van der Waals surface area contributed by atoms with E-state index >= 15 is 0 Å². The lowest BCUT2D eigenvalue weighted by molar-refractivity contribution is 0.424. The molecule has 66 valence electrons. The summed E-state index contributed by atoms with van der Waals surface area (Å²) in [6.07, 6.45) is 0. The first kappa shape index (κ1) is 11.1. The molecule has 0 aliphatic rings. The van der Waals surface area contributed by atoms with E-state index in [4.69, 9.17) is 0 Å². The SMILES string of the molecule is CC(C)C(Br)C(N=O)C(C)C. The highest BCUT2D eigenvalue weighted by molar-refractivity contribution is 9.09. The third kappa shape index (κ3) is 3.32. The molecule has 0 rings (SSSR count). The van der Waals surface area contributed by atoms with Crippen molar-refractivity contribution in [2.24, 2.45) is 17.0 Å². The minimum Gasteiger partial charge on any atom is -0.150 e. The molecular formula is C8H16BrNO. The van der Waals surface area contributed by atoms with Crippen LogP contribution in [0.15, 0.2) is 5.18 Å². The average Bonchev–Trinajstić information content (AvgIpc) is 1.88. The zero-order chi connectivity index (χ0) is 9.02. The van der Waals surface area contributed by atoms with E-state index in [1.54, 1.807) is 0 Å². The van der Waals surface area contributed by atoms with E-state index in [1.807, 2.05) is 13.8 Å². The van der Waals surface area contributed by atoms with E-state index in [1.165, 1.54) is 0 Å². The molecule has 0 heterocycles. The van der Waals surface area contributed by atoms with Gasteiger partial charge in [0.1, 0.15) is 6.04 Å². The van der Waals surface area contributed by atoms with E-state index < -0.39 is 0 Å². The summed E-state index contributed by atoms with van der Waals surface area (Å²) in [5, 5.41) is 3.11. The Hall–Kier alpha value is 0.0800. The van der Waals surface area contributed by atoms with E-state index in [0.717, 1.165) is 0 Å². The van der Waals surface area contributed by atoms with Crippen molar-refractivity contribution in [3.63, 3.8) is 0 Å². The maximum atomic E-state index is 10.4. The van der Waals surface area contributed by atoms with Crippen LogP contribution in [0.1, 0.15) is 27.7 Å². The highest BCUT2D eigenvalue weighted by Crippen LogP contribution is 2.23. The van der Waals surface area contributed by atoms with Crippen LogP contribution >= 0.6 is 15.9 Å². The predicted octanol–water partition coefficient (Wildman–Crippen LogP) is 3.20. The van der Waals surface area contributed by atoms with Gasteiger partial charge in [-0.15, -0.1) is 0 Å². The second kappa shape index (κ2) is 4.86. The van der Waals surface area contributed by atoms with Crippen molar-refractivity contribution in [3.8, 4) is 0 Å². The molecule has 0 aliphatic carbocycles. The molecule has 2 nitrogen and oxygen atoms in total. The summed E-state index contributed by atoms with van der Waals surface area (Å²) in [7, 11) is 0. The van der Waals surface area contributed by atoms with Crippen molar-refractivity contribution in [1.29, 1.82) is 0 Å². The summed E-state index contributed by atoms with van der Waals surface area (Å²) in [6.45, 7) is 8.20. The Balaban J connectivity index is 4.13. The van der Waals surface area contributed by atoms with Crippen LogP contribution in [0.3, 0.4) is 0 Å². The van der Waals surface area contributed by atoms with E-state index in [0.29, 0.717) is 11.8 Å². The molecule has 0 N–H and O–H groups in total. The van der Waals surface area contributed by atoms with Crippen molar-refractivity contribution >= 4 is 15.9 Å². The highest BCUT2D eigenvalue weighted by atomic mass is 79.9. The van der Waals surface area contributed by atoms with Crippen LogP contribution in [0, 0.1) is 16.7 Å². The average molecular weight is 222 g/mol. The van der Waals surface area contributed by atoms with Crippen molar-refractivity contribution < 1.29 is 0 Å². The molecule has 0 aromatic carbocycles. The van der Waals surface area contributed by atoms with Crippen molar-refractivity contribution in [2.75, 3.05) is 0 Å². The molecule has 0 aromatic heterocycles. The summed E-state index contributed by atoms with van der Waals surface area (Å²) in [5.41, 5.74) is 0.